The van der Waals surface area contributed by atoms with E-state index in [4.69, 9.17) is 16.3 Å². The molecule has 0 aliphatic carbocycles. The molecule has 1 amide bonds. The SMILES string of the molecule is COc1ccc(Cl)cc1CN1CCN(C(=O)CCc2c(C)[nH]c(=O)[nH]c2=O)CC1. The number of H-pyrrole nitrogens is 2. The zero-order valence-electron chi connectivity index (χ0n) is 16.6. The Bertz CT molecular complexity index is 993. The van der Waals surface area contributed by atoms with Crippen molar-refractivity contribution in [2.75, 3.05) is 33.3 Å². The van der Waals surface area contributed by atoms with Crippen LogP contribution in [0.4, 0.5) is 0 Å². The van der Waals surface area contributed by atoms with Gasteiger partial charge in [0.2, 0.25) is 5.91 Å². The molecule has 3 rings (SSSR count). The molecule has 1 saturated heterocycles. The summed E-state index contributed by atoms with van der Waals surface area (Å²) in [6, 6.07) is 5.57. The van der Waals surface area contributed by atoms with Crippen molar-refractivity contribution >= 4 is 17.5 Å². The summed E-state index contributed by atoms with van der Waals surface area (Å²) in [7, 11) is 1.64. The summed E-state index contributed by atoms with van der Waals surface area (Å²) in [4.78, 5) is 44.6. The summed E-state index contributed by atoms with van der Waals surface area (Å²) in [6.07, 6.45) is 0.536. The highest BCUT2D eigenvalue weighted by Gasteiger charge is 2.22. The Hall–Kier alpha value is -2.58. The molecule has 0 unspecified atom stereocenters. The number of nitrogens with one attached hydrogen (secondary N) is 2. The quantitative estimate of drug-likeness (QED) is 0.734. The van der Waals surface area contributed by atoms with Gasteiger partial charge >= 0.3 is 5.69 Å². The first kappa shape index (κ1) is 21.1. The second kappa shape index (κ2) is 9.28. The van der Waals surface area contributed by atoms with Gasteiger partial charge in [0.25, 0.3) is 5.56 Å². The molecule has 1 aliphatic rings. The highest BCUT2D eigenvalue weighted by atomic mass is 35.5. The van der Waals surface area contributed by atoms with Gasteiger partial charge in [0, 0.05) is 61.0 Å². The van der Waals surface area contributed by atoms with E-state index in [2.05, 4.69) is 14.9 Å². The number of nitrogens with zero attached hydrogens (tertiary/aromatic N) is 2. The van der Waals surface area contributed by atoms with E-state index in [0.29, 0.717) is 42.3 Å². The van der Waals surface area contributed by atoms with Crippen molar-refractivity contribution in [3.8, 4) is 5.75 Å². The maximum atomic E-state index is 12.6. The summed E-state index contributed by atoms with van der Waals surface area (Å²) in [5.74, 6) is 0.810. The monoisotopic (exact) mass is 420 g/mol. The number of carbonyl (C=O) groups is 1. The Morgan fingerprint density at radius 1 is 1.17 bits per heavy atom. The molecule has 156 valence electrons. The van der Waals surface area contributed by atoms with E-state index in [1.807, 2.05) is 17.0 Å². The van der Waals surface area contributed by atoms with Crippen LogP contribution in [-0.4, -0.2) is 59.0 Å². The van der Waals surface area contributed by atoms with E-state index < -0.39 is 11.2 Å². The van der Waals surface area contributed by atoms with E-state index in [9.17, 15) is 14.4 Å². The van der Waals surface area contributed by atoms with Gasteiger partial charge < -0.3 is 14.6 Å². The highest BCUT2D eigenvalue weighted by molar-refractivity contribution is 6.30. The van der Waals surface area contributed by atoms with Crippen LogP contribution >= 0.6 is 11.6 Å². The summed E-state index contributed by atoms with van der Waals surface area (Å²) >= 11 is 6.10. The molecule has 0 radical (unpaired) electrons. The number of methoxy groups -OCH3 is 1. The number of halogens is 1. The molecule has 9 heteroatoms. The predicted molar refractivity (Wildman–Crippen MR) is 111 cm³/mol. The maximum Gasteiger partial charge on any atom is 0.325 e. The van der Waals surface area contributed by atoms with Gasteiger partial charge in [-0.1, -0.05) is 11.6 Å². The number of hydrogen-bond donors (Lipinski definition) is 2. The van der Waals surface area contributed by atoms with Gasteiger partial charge in [-0.15, -0.1) is 0 Å². The third-order valence-electron chi connectivity index (χ3n) is 5.21. The van der Waals surface area contributed by atoms with Crippen LogP contribution in [-0.2, 0) is 17.8 Å². The van der Waals surface area contributed by atoms with E-state index in [1.54, 1.807) is 20.1 Å². The normalized spacial score (nSPS) is 14.8. The van der Waals surface area contributed by atoms with Crippen molar-refractivity contribution in [1.29, 1.82) is 0 Å². The van der Waals surface area contributed by atoms with Crippen LogP contribution in [0.1, 0.15) is 23.2 Å². The van der Waals surface area contributed by atoms with Gasteiger partial charge in [-0.25, -0.2) is 4.79 Å². The maximum absolute atomic E-state index is 12.6. The number of hydrogen-bond acceptors (Lipinski definition) is 5. The van der Waals surface area contributed by atoms with Crippen LogP contribution in [0.5, 0.6) is 5.75 Å². The molecule has 0 bridgehead atoms. The van der Waals surface area contributed by atoms with Crippen LogP contribution in [0.15, 0.2) is 27.8 Å². The molecule has 2 aromatic rings. The molecule has 29 heavy (non-hydrogen) atoms. The van der Waals surface area contributed by atoms with Crippen molar-refractivity contribution in [1.82, 2.24) is 19.8 Å². The standard InChI is InChI=1S/C20H25ClN4O4/c1-13-16(19(27)23-20(28)22-13)4-6-18(26)25-9-7-24(8-10-25)12-14-11-15(21)3-5-17(14)29-2/h3,5,11H,4,6-10,12H2,1-2H3,(H2,22,23,27,28). The molecule has 2 heterocycles. The first-order valence-electron chi connectivity index (χ1n) is 9.52. The fourth-order valence-corrected chi connectivity index (χ4v) is 3.78. The molecule has 1 aromatic heterocycles. The molecular weight excluding hydrogens is 396 g/mol. The molecule has 0 spiro atoms. The number of benzene rings is 1. The predicted octanol–water partition coefficient (Wildman–Crippen LogP) is 1.31. The molecule has 0 atom stereocenters. The Balaban J connectivity index is 1.53. The van der Waals surface area contributed by atoms with Gasteiger partial charge in [-0.2, -0.15) is 0 Å². The number of aromatic amines is 2. The van der Waals surface area contributed by atoms with Crippen LogP contribution in [0.25, 0.3) is 0 Å². The smallest absolute Gasteiger partial charge is 0.325 e. The molecule has 1 fully saturated rings. The number of rotatable bonds is 6. The molecule has 1 aromatic carbocycles. The van der Waals surface area contributed by atoms with Crippen molar-refractivity contribution in [3.63, 3.8) is 0 Å². The van der Waals surface area contributed by atoms with E-state index >= 15 is 0 Å². The van der Waals surface area contributed by atoms with Crippen molar-refractivity contribution < 1.29 is 9.53 Å². The molecule has 0 saturated carbocycles. The number of carbonyl (C=O) groups excluding carboxylic acids is 1. The Kier molecular flexibility index (Phi) is 6.76. The first-order chi connectivity index (χ1) is 13.9. The molecule has 2 N–H and O–H groups in total. The third kappa shape index (κ3) is 5.27. The number of amides is 1. The Morgan fingerprint density at radius 2 is 1.90 bits per heavy atom. The van der Waals surface area contributed by atoms with E-state index in [1.165, 1.54) is 0 Å². The van der Waals surface area contributed by atoms with Crippen molar-refractivity contribution in [2.24, 2.45) is 0 Å². The number of piperazine rings is 1. The highest BCUT2D eigenvalue weighted by Crippen LogP contribution is 2.24. The van der Waals surface area contributed by atoms with Gasteiger partial charge in [0.1, 0.15) is 5.75 Å². The summed E-state index contributed by atoms with van der Waals surface area (Å²) < 4.78 is 5.40. The minimum absolute atomic E-state index is 0.00925. The van der Waals surface area contributed by atoms with E-state index in [-0.39, 0.29) is 12.3 Å². The molecular formula is C20H25ClN4O4. The Labute approximate surface area is 173 Å². The van der Waals surface area contributed by atoms with Crippen LogP contribution in [0.3, 0.4) is 0 Å². The summed E-state index contributed by atoms with van der Waals surface area (Å²) in [6.45, 7) is 5.13. The lowest BCUT2D eigenvalue weighted by molar-refractivity contribution is -0.133. The minimum Gasteiger partial charge on any atom is -0.496 e. The summed E-state index contributed by atoms with van der Waals surface area (Å²) in [5.41, 5.74) is 1.01. The van der Waals surface area contributed by atoms with Gasteiger partial charge in [-0.05, 0) is 31.5 Å². The van der Waals surface area contributed by atoms with Crippen molar-refractivity contribution in [2.45, 2.75) is 26.3 Å². The van der Waals surface area contributed by atoms with Gasteiger partial charge in [0.05, 0.1) is 7.11 Å². The van der Waals surface area contributed by atoms with Crippen LogP contribution in [0, 0.1) is 6.92 Å². The second-order valence-corrected chi connectivity index (χ2v) is 7.56. The molecule has 1 aliphatic heterocycles. The topological polar surface area (TPSA) is 98.5 Å². The average Bonchev–Trinajstić information content (AvgIpc) is 2.68. The minimum atomic E-state index is -0.532. The first-order valence-corrected chi connectivity index (χ1v) is 9.90. The fraction of sp³-hybridized carbons (Fsp3) is 0.450. The number of ether oxygens (including phenoxy) is 1. The molecule has 8 nitrogen and oxygen atoms in total. The zero-order valence-corrected chi connectivity index (χ0v) is 17.3. The number of aromatic nitrogens is 2. The van der Waals surface area contributed by atoms with Crippen LogP contribution < -0.4 is 16.0 Å². The van der Waals surface area contributed by atoms with Crippen molar-refractivity contribution in [3.05, 3.63) is 60.9 Å². The largest absolute Gasteiger partial charge is 0.496 e. The fourth-order valence-electron chi connectivity index (χ4n) is 3.58. The lowest BCUT2D eigenvalue weighted by atomic mass is 10.1. The number of aryl methyl sites for hydroxylation is 1. The lowest BCUT2D eigenvalue weighted by Crippen LogP contribution is -2.48. The Morgan fingerprint density at radius 3 is 2.55 bits per heavy atom. The lowest BCUT2D eigenvalue weighted by Gasteiger charge is -2.35. The summed E-state index contributed by atoms with van der Waals surface area (Å²) in [5, 5.41) is 0.669. The van der Waals surface area contributed by atoms with Gasteiger partial charge in [0.15, 0.2) is 0 Å². The second-order valence-electron chi connectivity index (χ2n) is 7.12. The third-order valence-corrected chi connectivity index (χ3v) is 5.44. The van der Waals surface area contributed by atoms with Gasteiger partial charge in [-0.3, -0.25) is 19.5 Å². The van der Waals surface area contributed by atoms with Crippen LogP contribution in [0.2, 0.25) is 5.02 Å². The average molecular weight is 421 g/mol. The van der Waals surface area contributed by atoms with E-state index in [0.717, 1.165) is 24.4 Å². The zero-order chi connectivity index (χ0) is 21.0.